The number of hydrogen-bond donors (Lipinski definition) is 2. The minimum atomic E-state index is -0.101. The van der Waals surface area contributed by atoms with Gasteiger partial charge in [0.1, 0.15) is 5.69 Å². The van der Waals surface area contributed by atoms with Crippen molar-refractivity contribution in [2.24, 2.45) is 0 Å². The molecule has 3 aromatic rings. The molecule has 0 atom stereocenters. The number of carbonyl (C=O) groups excluding carboxylic acids is 1. The minimum absolute atomic E-state index is 0.101. The predicted molar refractivity (Wildman–Crippen MR) is 113 cm³/mol. The summed E-state index contributed by atoms with van der Waals surface area (Å²) in [5.41, 5.74) is 3.97. The Labute approximate surface area is 168 Å². The molecule has 0 bridgehead atoms. The highest BCUT2D eigenvalue weighted by Gasteiger charge is 2.15. The van der Waals surface area contributed by atoms with Gasteiger partial charge >= 0.3 is 0 Å². The Morgan fingerprint density at radius 1 is 1.00 bits per heavy atom. The number of nitrogens with one attached hydrogen (secondary N) is 2. The number of aromatic nitrogens is 1. The minimum Gasteiger partial charge on any atom is -0.350 e. The molecule has 1 aliphatic heterocycles. The van der Waals surface area contributed by atoms with Gasteiger partial charge in [0.25, 0.3) is 5.91 Å². The standard InChI is InChI=1S/C22H24BrN3O/c23-20-18-6-2-3-7-19(18)25-21(20)22(27)24-14-16-8-10-17(11-9-16)15-26-12-4-1-5-13-26/h2-3,6-11,25H,1,4-5,12-15H2,(H,24,27). The van der Waals surface area contributed by atoms with Crippen LogP contribution in [0.1, 0.15) is 40.9 Å². The zero-order valence-electron chi connectivity index (χ0n) is 15.3. The molecule has 5 heteroatoms. The number of likely N-dealkylation sites (tertiary alicyclic amines) is 1. The number of aromatic amines is 1. The maximum absolute atomic E-state index is 12.6. The van der Waals surface area contributed by atoms with E-state index >= 15 is 0 Å². The van der Waals surface area contributed by atoms with Crippen LogP contribution in [0, 0.1) is 0 Å². The molecule has 0 radical (unpaired) electrons. The van der Waals surface area contributed by atoms with E-state index in [1.54, 1.807) is 0 Å². The Balaban J connectivity index is 1.36. The van der Waals surface area contributed by atoms with E-state index in [2.05, 4.69) is 55.4 Å². The lowest BCUT2D eigenvalue weighted by Gasteiger charge is -2.26. The number of halogens is 1. The van der Waals surface area contributed by atoms with Crippen molar-refractivity contribution >= 4 is 32.7 Å². The number of para-hydroxylation sites is 1. The van der Waals surface area contributed by atoms with E-state index in [1.165, 1.54) is 37.9 Å². The first-order valence-corrected chi connectivity index (χ1v) is 10.3. The van der Waals surface area contributed by atoms with Crippen molar-refractivity contribution in [1.82, 2.24) is 15.2 Å². The Bertz CT molecular complexity index is 926. The van der Waals surface area contributed by atoms with E-state index in [1.807, 2.05) is 24.3 Å². The first-order chi connectivity index (χ1) is 13.2. The van der Waals surface area contributed by atoms with Gasteiger partial charge in [0, 0.05) is 24.0 Å². The van der Waals surface area contributed by atoms with Crippen molar-refractivity contribution in [2.45, 2.75) is 32.4 Å². The lowest BCUT2D eigenvalue weighted by atomic mass is 10.1. The predicted octanol–water partition coefficient (Wildman–Crippen LogP) is 4.85. The second kappa shape index (κ2) is 8.28. The Morgan fingerprint density at radius 2 is 1.70 bits per heavy atom. The Kier molecular flexibility index (Phi) is 5.60. The summed E-state index contributed by atoms with van der Waals surface area (Å²) in [5.74, 6) is -0.101. The number of H-pyrrole nitrogens is 1. The summed E-state index contributed by atoms with van der Waals surface area (Å²) >= 11 is 3.54. The summed E-state index contributed by atoms with van der Waals surface area (Å²) in [6.45, 7) is 3.95. The fraction of sp³-hybridized carbons (Fsp3) is 0.318. The third-order valence-corrected chi connectivity index (χ3v) is 6.02. The van der Waals surface area contributed by atoms with Crippen molar-refractivity contribution in [1.29, 1.82) is 0 Å². The Morgan fingerprint density at radius 3 is 2.44 bits per heavy atom. The normalized spacial score (nSPS) is 15.1. The summed E-state index contributed by atoms with van der Waals surface area (Å²) < 4.78 is 0.812. The molecule has 0 unspecified atom stereocenters. The molecule has 1 aliphatic rings. The molecule has 1 saturated heterocycles. The molecule has 2 N–H and O–H groups in total. The number of rotatable bonds is 5. The van der Waals surface area contributed by atoms with E-state index < -0.39 is 0 Å². The largest absolute Gasteiger partial charge is 0.350 e. The second-order valence-electron chi connectivity index (χ2n) is 7.20. The molecule has 0 aliphatic carbocycles. The molecule has 27 heavy (non-hydrogen) atoms. The van der Waals surface area contributed by atoms with E-state index in [4.69, 9.17) is 0 Å². The van der Waals surface area contributed by atoms with Crippen LogP contribution in [-0.4, -0.2) is 28.9 Å². The van der Waals surface area contributed by atoms with Gasteiger partial charge in [0.05, 0.1) is 4.47 Å². The van der Waals surface area contributed by atoms with Gasteiger partial charge in [-0.1, -0.05) is 48.9 Å². The summed E-state index contributed by atoms with van der Waals surface area (Å²) in [4.78, 5) is 18.3. The SMILES string of the molecule is O=C(NCc1ccc(CN2CCCCC2)cc1)c1[nH]c2ccccc2c1Br. The first kappa shape index (κ1) is 18.3. The third kappa shape index (κ3) is 4.25. The van der Waals surface area contributed by atoms with Gasteiger partial charge in [0.15, 0.2) is 0 Å². The van der Waals surface area contributed by atoms with E-state index in [0.717, 1.165) is 27.5 Å². The monoisotopic (exact) mass is 425 g/mol. The number of carbonyl (C=O) groups is 1. The molecule has 0 saturated carbocycles. The number of amides is 1. The van der Waals surface area contributed by atoms with Gasteiger partial charge in [-0.3, -0.25) is 9.69 Å². The molecular weight excluding hydrogens is 402 g/mol. The van der Waals surface area contributed by atoms with Crippen molar-refractivity contribution in [3.8, 4) is 0 Å². The molecule has 140 valence electrons. The number of benzene rings is 2. The average Bonchev–Trinajstić information content (AvgIpc) is 3.05. The van der Waals surface area contributed by atoms with Crippen LogP contribution < -0.4 is 5.32 Å². The summed E-state index contributed by atoms with van der Waals surface area (Å²) in [6.07, 6.45) is 3.99. The molecule has 4 rings (SSSR count). The quantitative estimate of drug-likeness (QED) is 0.613. The van der Waals surface area contributed by atoms with Crippen molar-refractivity contribution in [3.63, 3.8) is 0 Å². The molecule has 4 nitrogen and oxygen atoms in total. The number of fused-ring (bicyclic) bond motifs is 1. The second-order valence-corrected chi connectivity index (χ2v) is 7.99. The van der Waals surface area contributed by atoms with Crippen molar-refractivity contribution in [3.05, 3.63) is 69.8 Å². The number of nitrogens with zero attached hydrogens (tertiary/aromatic N) is 1. The maximum Gasteiger partial charge on any atom is 0.269 e. The lowest BCUT2D eigenvalue weighted by Crippen LogP contribution is -2.29. The van der Waals surface area contributed by atoms with Gasteiger partial charge in [-0.05, 0) is 59.1 Å². The van der Waals surface area contributed by atoms with Crippen LogP contribution >= 0.6 is 15.9 Å². The van der Waals surface area contributed by atoms with Crippen LogP contribution in [0.4, 0.5) is 0 Å². The van der Waals surface area contributed by atoms with Crippen molar-refractivity contribution in [2.75, 3.05) is 13.1 Å². The molecule has 2 heterocycles. The van der Waals surface area contributed by atoms with Crippen LogP contribution in [0.2, 0.25) is 0 Å². The fourth-order valence-corrected chi connectivity index (χ4v) is 4.30. The molecule has 0 spiro atoms. The molecule has 1 fully saturated rings. The lowest BCUT2D eigenvalue weighted by molar-refractivity contribution is 0.0946. The summed E-state index contributed by atoms with van der Waals surface area (Å²) in [6, 6.07) is 16.5. The van der Waals surface area contributed by atoms with Crippen LogP contribution in [0.5, 0.6) is 0 Å². The van der Waals surface area contributed by atoms with E-state index in [-0.39, 0.29) is 5.91 Å². The van der Waals surface area contributed by atoms with E-state index in [0.29, 0.717) is 12.2 Å². The highest BCUT2D eigenvalue weighted by Crippen LogP contribution is 2.27. The van der Waals surface area contributed by atoms with Crippen LogP contribution in [0.15, 0.2) is 53.0 Å². The van der Waals surface area contributed by atoms with E-state index in [9.17, 15) is 4.79 Å². The van der Waals surface area contributed by atoms with Gasteiger partial charge in [-0.2, -0.15) is 0 Å². The average molecular weight is 426 g/mol. The zero-order valence-corrected chi connectivity index (χ0v) is 16.9. The topological polar surface area (TPSA) is 48.1 Å². The summed E-state index contributed by atoms with van der Waals surface area (Å²) in [7, 11) is 0. The van der Waals surface area contributed by atoms with Gasteiger partial charge in [-0.25, -0.2) is 0 Å². The first-order valence-electron chi connectivity index (χ1n) is 9.55. The smallest absolute Gasteiger partial charge is 0.269 e. The van der Waals surface area contributed by atoms with Crippen LogP contribution in [0.3, 0.4) is 0 Å². The number of piperidine rings is 1. The van der Waals surface area contributed by atoms with Gasteiger partial charge in [0.2, 0.25) is 0 Å². The summed E-state index contributed by atoms with van der Waals surface area (Å²) in [5, 5.41) is 4.03. The Hall–Kier alpha value is -2.11. The van der Waals surface area contributed by atoms with Crippen LogP contribution in [0.25, 0.3) is 10.9 Å². The molecular formula is C22H24BrN3O. The highest BCUT2D eigenvalue weighted by atomic mass is 79.9. The highest BCUT2D eigenvalue weighted by molar-refractivity contribution is 9.10. The van der Waals surface area contributed by atoms with Crippen LogP contribution in [-0.2, 0) is 13.1 Å². The molecule has 1 amide bonds. The zero-order chi connectivity index (χ0) is 18.6. The molecule has 1 aromatic heterocycles. The number of hydrogen-bond acceptors (Lipinski definition) is 2. The van der Waals surface area contributed by atoms with Crippen molar-refractivity contribution < 1.29 is 4.79 Å². The van der Waals surface area contributed by atoms with Gasteiger partial charge < -0.3 is 10.3 Å². The third-order valence-electron chi connectivity index (χ3n) is 5.20. The molecule has 2 aromatic carbocycles. The fourth-order valence-electron chi connectivity index (χ4n) is 3.67. The maximum atomic E-state index is 12.6. The van der Waals surface area contributed by atoms with Gasteiger partial charge in [-0.15, -0.1) is 0 Å².